The van der Waals surface area contributed by atoms with Gasteiger partial charge in [0.2, 0.25) is 0 Å². The Morgan fingerprint density at radius 2 is 1.81 bits per heavy atom. The van der Waals surface area contributed by atoms with E-state index in [4.69, 9.17) is 16.3 Å². The minimum Gasteiger partial charge on any atom is -0.456 e. The van der Waals surface area contributed by atoms with Gasteiger partial charge in [-0.3, -0.25) is 0 Å². The lowest BCUT2D eigenvalue weighted by molar-refractivity contribution is 0.483. The minimum absolute atomic E-state index is 0.600. The summed E-state index contributed by atoms with van der Waals surface area (Å²) >= 11 is 6.05. The van der Waals surface area contributed by atoms with E-state index in [2.05, 4.69) is 5.32 Å². The fourth-order valence-electron chi connectivity index (χ4n) is 1.35. The summed E-state index contributed by atoms with van der Waals surface area (Å²) in [6.45, 7) is 0. The number of benzene rings is 2. The van der Waals surface area contributed by atoms with Gasteiger partial charge in [-0.2, -0.15) is 0 Å². The maximum absolute atomic E-state index is 6.05. The number of anilines is 1. The first-order chi connectivity index (χ1) is 7.79. The van der Waals surface area contributed by atoms with Crippen LogP contribution < -0.4 is 10.1 Å². The number of nitrogens with one attached hydrogen (secondary N) is 1. The third kappa shape index (κ3) is 2.47. The van der Waals surface area contributed by atoms with Crippen molar-refractivity contribution in [3.8, 4) is 11.5 Å². The highest BCUT2D eigenvalue weighted by molar-refractivity contribution is 6.32. The first-order valence-electron chi connectivity index (χ1n) is 5.00. The van der Waals surface area contributed by atoms with Crippen LogP contribution in [0.4, 0.5) is 5.69 Å². The van der Waals surface area contributed by atoms with Crippen molar-refractivity contribution in [2.24, 2.45) is 0 Å². The van der Waals surface area contributed by atoms with Gasteiger partial charge in [0.1, 0.15) is 11.5 Å². The molecule has 0 unspecified atom stereocenters. The average Bonchev–Trinajstić information content (AvgIpc) is 2.33. The second-order valence-corrected chi connectivity index (χ2v) is 3.72. The zero-order valence-electron chi connectivity index (χ0n) is 8.91. The molecule has 82 valence electrons. The number of ether oxygens (including phenoxy) is 1. The standard InChI is InChI=1S/C13H12ClNO/c1-15-10-7-8-12(14)13(9-10)16-11-5-3-2-4-6-11/h2-9,15H,1H3. The number of para-hydroxylation sites is 1. The van der Waals surface area contributed by atoms with E-state index < -0.39 is 0 Å². The van der Waals surface area contributed by atoms with Crippen LogP contribution in [0.5, 0.6) is 11.5 Å². The van der Waals surface area contributed by atoms with Crippen molar-refractivity contribution >= 4 is 17.3 Å². The van der Waals surface area contributed by atoms with Crippen LogP contribution in [-0.2, 0) is 0 Å². The van der Waals surface area contributed by atoms with E-state index in [9.17, 15) is 0 Å². The Morgan fingerprint density at radius 3 is 2.50 bits per heavy atom. The maximum Gasteiger partial charge on any atom is 0.148 e. The normalized spacial score (nSPS) is 9.88. The molecule has 0 aromatic heterocycles. The largest absolute Gasteiger partial charge is 0.456 e. The van der Waals surface area contributed by atoms with Gasteiger partial charge in [0.15, 0.2) is 0 Å². The molecule has 16 heavy (non-hydrogen) atoms. The van der Waals surface area contributed by atoms with E-state index in [1.165, 1.54) is 0 Å². The van der Waals surface area contributed by atoms with Crippen LogP contribution in [0.3, 0.4) is 0 Å². The molecule has 0 bridgehead atoms. The van der Waals surface area contributed by atoms with Crippen molar-refractivity contribution in [3.05, 3.63) is 53.6 Å². The Morgan fingerprint density at radius 1 is 1.06 bits per heavy atom. The summed E-state index contributed by atoms with van der Waals surface area (Å²) in [5.74, 6) is 1.43. The van der Waals surface area contributed by atoms with Crippen LogP contribution in [-0.4, -0.2) is 7.05 Å². The van der Waals surface area contributed by atoms with E-state index in [0.717, 1.165) is 11.4 Å². The molecular weight excluding hydrogens is 222 g/mol. The zero-order chi connectivity index (χ0) is 11.4. The molecule has 0 spiro atoms. The third-order valence-electron chi connectivity index (χ3n) is 2.19. The van der Waals surface area contributed by atoms with E-state index in [-0.39, 0.29) is 0 Å². The van der Waals surface area contributed by atoms with E-state index in [0.29, 0.717) is 10.8 Å². The molecule has 2 nitrogen and oxygen atoms in total. The zero-order valence-corrected chi connectivity index (χ0v) is 9.66. The first kappa shape index (κ1) is 10.8. The van der Waals surface area contributed by atoms with Gasteiger partial charge in [-0.1, -0.05) is 29.8 Å². The molecule has 2 rings (SSSR count). The second kappa shape index (κ2) is 4.90. The quantitative estimate of drug-likeness (QED) is 0.859. The Balaban J connectivity index is 2.27. The topological polar surface area (TPSA) is 21.3 Å². The van der Waals surface area contributed by atoms with Crippen molar-refractivity contribution < 1.29 is 4.74 Å². The minimum atomic E-state index is 0.600. The molecule has 0 saturated carbocycles. The SMILES string of the molecule is CNc1ccc(Cl)c(Oc2ccccc2)c1. The second-order valence-electron chi connectivity index (χ2n) is 3.31. The smallest absolute Gasteiger partial charge is 0.148 e. The molecule has 2 aromatic rings. The number of halogens is 1. The Labute approximate surface area is 99.8 Å². The average molecular weight is 234 g/mol. The van der Waals surface area contributed by atoms with Gasteiger partial charge in [0, 0.05) is 18.8 Å². The Kier molecular flexibility index (Phi) is 3.32. The summed E-state index contributed by atoms with van der Waals surface area (Å²) < 4.78 is 5.68. The molecule has 0 heterocycles. The van der Waals surface area contributed by atoms with Gasteiger partial charge in [-0.15, -0.1) is 0 Å². The maximum atomic E-state index is 6.05. The van der Waals surface area contributed by atoms with Gasteiger partial charge in [-0.05, 0) is 24.3 Å². The van der Waals surface area contributed by atoms with Crippen LogP contribution >= 0.6 is 11.6 Å². The molecule has 3 heteroatoms. The lowest BCUT2D eigenvalue weighted by Gasteiger charge is -2.09. The molecule has 0 fully saturated rings. The highest BCUT2D eigenvalue weighted by Gasteiger charge is 2.03. The molecule has 0 aliphatic heterocycles. The summed E-state index contributed by atoms with van der Waals surface area (Å²) in [4.78, 5) is 0. The molecule has 0 saturated heterocycles. The molecule has 2 aromatic carbocycles. The van der Waals surface area contributed by atoms with Crippen LogP contribution in [0.15, 0.2) is 48.5 Å². The predicted molar refractivity (Wildman–Crippen MR) is 67.5 cm³/mol. The molecule has 0 atom stereocenters. The molecular formula is C13H12ClNO. The molecule has 0 amide bonds. The van der Waals surface area contributed by atoms with E-state index in [1.54, 1.807) is 0 Å². The lowest BCUT2D eigenvalue weighted by Crippen LogP contribution is -1.90. The van der Waals surface area contributed by atoms with Crippen molar-refractivity contribution in [2.75, 3.05) is 12.4 Å². The molecule has 0 aliphatic carbocycles. The third-order valence-corrected chi connectivity index (χ3v) is 2.50. The lowest BCUT2D eigenvalue weighted by atomic mass is 10.3. The number of rotatable bonds is 3. The van der Waals surface area contributed by atoms with Crippen molar-refractivity contribution in [3.63, 3.8) is 0 Å². The van der Waals surface area contributed by atoms with Crippen molar-refractivity contribution in [1.82, 2.24) is 0 Å². The highest BCUT2D eigenvalue weighted by atomic mass is 35.5. The molecule has 1 N–H and O–H groups in total. The first-order valence-corrected chi connectivity index (χ1v) is 5.37. The van der Waals surface area contributed by atoms with Crippen LogP contribution in [0.2, 0.25) is 5.02 Å². The number of hydrogen-bond acceptors (Lipinski definition) is 2. The number of hydrogen-bond donors (Lipinski definition) is 1. The monoisotopic (exact) mass is 233 g/mol. The van der Waals surface area contributed by atoms with Gasteiger partial charge < -0.3 is 10.1 Å². The summed E-state index contributed by atoms with van der Waals surface area (Å²) in [5, 5.41) is 3.64. The predicted octanol–water partition coefficient (Wildman–Crippen LogP) is 4.17. The fourth-order valence-corrected chi connectivity index (χ4v) is 1.51. The van der Waals surface area contributed by atoms with Gasteiger partial charge in [0.05, 0.1) is 5.02 Å². The highest BCUT2D eigenvalue weighted by Crippen LogP contribution is 2.31. The van der Waals surface area contributed by atoms with Gasteiger partial charge in [0.25, 0.3) is 0 Å². The van der Waals surface area contributed by atoms with Gasteiger partial charge >= 0.3 is 0 Å². The van der Waals surface area contributed by atoms with Crippen molar-refractivity contribution in [1.29, 1.82) is 0 Å². The molecule has 0 aliphatic rings. The Hall–Kier alpha value is -1.67. The van der Waals surface area contributed by atoms with E-state index in [1.807, 2.05) is 55.6 Å². The van der Waals surface area contributed by atoms with Crippen LogP contribution in [0.1, 0.15) is 0 Å². The summed E-state index contributed by atoms with van der Waals surface area (Å²) in [7, 11) is 1.86. The van der Waals surface area contributed by atoms with E-state index >= 15 is 0 Å². The summed E-state index contributed by atoms with van der Waals surface area (Å²) in [6.07, 6.45) is 0. The molecule has 0 radical (unpaired) electrons. The fraction of sp³-hybridized carbons (Fsp3) is 0.0769. The summed E-state index contributed by atoms with van der Waals surface area (Å²) in [5.41, 5.74) is 0.968. The van der Waals surface area contributed by atoms with Crippen LogP contribution in [0, 0.1) is 0 Å². The Bertz CT molecular complexity index is 471. The van der Waals surface area contributed by atoms with Gasteiger partial charge in [-0.25, -0.2) is 0 Å². The van der Waals surface area contributed by atoms with Crippen LogP contribution in [0.25, 0.3) is 0 Å². The van der Waals surface area contributed by atoms with Crippen molar-refractivity contribution in [2.45, 2.75) is 0 Å². The summed E-state index contributed by atoms with van der Waals surface area (Å²) in [6, 6.07) is 15.2.